The number of hydrogen-bond acceptors (Lipinski definition) is 4. The van der Waals surface area contributed by atoms with Crippen molar-refractivity contribution < 1.29 is 9.18 Å². The molecule has 2 fully saturated rings. The molecule has 2 saturated heterocycles. The number of guanidine groups is 1. The number of rotatable bonds is 7. The summed E-state index contributed by atoms with van der Waals surface area (Å²) in [6.07, 6.45) is 2.25. The number of carbonyl (C=O) groups is 1. The largest absolute Gasteiger partial charge is 0.357 e. The first-order chi connectivity index (χ1) is 15.4. The first kappa shape index (κ1) is 24.5. The zero-order valence-corrected chi connectivity index (χ0v) is 20.1. The first-order valence-electron chi connectivity index (χ1n) is 11.9. The van der Waals surface area contributed by atoms with Crippen LogP contribution in [0.2, 0.25) is 0 Å². The van der Waals surface area contributed by atoms with E-state index in [-0.39, 0.29) is 17.8 Å². The number of likely N-dealkylation sites (tertiary alicyclic amines) is 1. The van der Waals surface area contributed by atoms with Crippen LogP contribution in [0.1, 0.15) is 37.8 Å². The Balaban J connectivity index is 1.59. The fourth-order valence-corrected chi connectivity index (χ4v) is 4.46. The quantitative estimate of drug-likeness (QED) is 0.513. The normalized spacial score (nSPS) is 19.0. The second kappa shape index (κ2) is 11.6. The summed E-state index contributed by atoms with van der Waals surface area (Å²) in [7, 11) is 3.87. The highest BCUT2D eigenvalue weighted by Gasteiger charge is 2.30. The van der Waals surface area contributed by atoms with E-state index in [2.05, 4.69) is 22.0 Å². The number of amides is 1. The molecule has 0 radical (unpaired) electrons. The molecule has 1 N–H and O–H groups in total. The summed E-state index contributed by atoms with van der Waals surface area (Å²) in [5.41, 5.74) is 1.69. The Labute approximate surface area is 192 Å². The summed E-state index contributed by atoms with van der Waals surface area (Å²) in [6.45, 7) is 11.1. The van der Waals surface area contributed by atoms with Gasteiger partial charge in [0, 0.05) is 57.9 Å². The number of hydrogen-bond donors (Lipinski definition) is 1. The lowest BCUT2D eigenvalue weighted by molar-refractivity contribution is -0.135. The van der Waals surface area contributed by atoms with Gasteiger partial charge in [-0.25, -0.2) is 9.38 Å². The van der Waals surface area contributed by atoms with Gasteiger partial charge in [0.25, 0.3) is 0 Å². The molecule has 1 aromatic rings. The van der Waals surface area contributed by atoms with E-state index in [0.717, 1.165) is 70.2 Å². The number of nitrogens with one attached hydrogen (secondary N) is 1. The van der Waals surface area contributed by atoms with Gasteiger partial charge in [0.2, 0.25) is 5.91 Å². The van der Waals surface area contributed by atoms with E-state index < -0.39 is 0 Å². The number of benzene rings is 1. The van der Waals surface area contributed by atoms with Crippen molar-refractivity contribution in [3.05, 3.63) is 35.1 Å². The Morgan fingerprint density at radius 3 is 2.44 bits per heavy atom. The molecule has 2 aliphatic heterocycles. The minimum atomic E-state index is -0.174. The van der Waals surface area contributed by atoms with Crippen molar-refractivity contribution in [2.45, 2.75) is 45.8 Å². The molecule has 3 rings (SSSR count). The topological polar surface area (TPSA) is 54.4 Å². The number of halogens is 1. The minimum absolute atomic E-state index is 0.0656. The van der Waals surface area contributed by atoms with E-state index in [0.29, 0.717) is 18.7 Å². The molecule has 0 aliphatic carbocycles. The van der Waals surface area contributed by atoms with Gasteiger partial charge < -0.3 is 20.0 Å². The maximum Gasteiger partial charge on any atom is 0.239 e. The average Bonchev–Trinajstić information content (AvgIpc) is 3.32. The van der Waals surface area contributed by atoms with Crippen molar-refractivity contribution in [1.29, 1.82) is 0 Å². The van der Waals surface area contributed by atoms with Crippen LogP contribution in [0, 0.1) is 5.82 Å². The van der Waals surface area contributed by atoms with E-state index in [1.807, 2.05) is 43.0 Å². The van der Waals surface area contributed by atoms with Crippen LogP contribution in [-0.4, -0.2) is 97.4 Å². The molecule has 1 atom stereocenters. The van der Waals surface area contributed by atoms with Gasteiger partial charge in [-0.2, -0.15) is 0 Å². The Morgan fingerprint density at radius 2 is 1.81 bits per heavy atom. The SMILES string of the molecule is CCNC(=NCc1ccc(F)c(CN(C)C)c1)N1CCN(C(C)C(=O)N2CCCC2)CC1. The zero-order chi connectivity index (χ0) is 23.1. The van der Waals surface area contributed by atoms with Gasteiger partial charge >= 0.3 is 0 Å². The predicted octanol–water partition coefficient (Wildman–Crippen LogP) is 1.98. The molecule has 178 valence electrons. The van der Waals surface area contributed by atoms with Gasteiger partial charge in [0.05, 0.1) is 12.6 Å². The maximum absolute atomic E-state index is 14.1. The summed E-state index contributed by atoms with van der Waals surface area (Å²) in [4.78, 5) is 26.1. The highest BCUT2D eigenvalue weighted by atomic mass is 19.1. The van der Waals surface area contributed by atoms with Crippen LogP contribution in [0.5, 0.6) is 0 Å². The molecule has 0 bridgehead atoms. The first-order valence-corrected chi connectivity index (χ1v) is 11.9. The summed E-state index contributed by atoms with van der Waals surface area (Å²) in [5.74, 6) is 0.970. The third-order valence-corrected chi connectivity index (χ3v) is 6.28. The molecule has 0 spiro atoms. The third-order valence-electron chi connectivity index (χ3n) is 6.28. The van der Waals surface area contributed by atoms with Crippen LogP contribution >= 0.6 is 0 Å². The average molecular weight is 447 g/mol. The second-order valence-corrected chi connectivity index (χ2v) is 9.07. The molecular formula is C24H39FN6O. The number of aliphatic imine (C=N–C) groups is 1. The van der Waals surface area contributed by atoms with Gasteiger partial charge in [-0.1, -0.05) is 6.07 Å². The third kappa shape index (κ3) is 6.42. The van der Waals surface area contributed by atoms with Crippen LogP contribution in [0.3, 0.4) is 0 Å². The van der Waals surface area contributed by atoms with Crippen LogP contribution in [-0.2, 0) is 17.9 Å². The predicted molar refractivity (Wildman–Crippen MR) is 127 cm³/mol. The van der Waals surface area contributed by atoms with Gasteiger partial charge in [-0.15, -0.1) is 0 Å². The fourth-order valence-electron chi connectivity index (χ4n) is 4.46. The highest BCUT2D eigenvalue weighted by Crippen LogP contribution is 2.15. The number of piperazine rings is 1. The smallest absolute Gasteiger partial charge is 0.239 e. The lowest BCUT2D eigenvalue weighted by atomic mass is 10.1. The van der Waals surface area contributed by atoms with Crippen LogP contribution in [0.25, 0.3) is 0 Å². The summed E-state index contributed by atoms with van der Waals surface area (Å²) >= 11 is 0. The van der Waals surface area contributed by atoms with Crippen molar-refractivity contribution in [3.63, 3.8) is 0 Å². The molecule has 1 aromatic carbocycles. The molecule has 2 aliphatic rings. The standard InChI is InChI=1S/C24H39FN6O/c1-5-26-24(27-17-20-8-9-22(25)21(16-20)18-28(3)4)31-14-12-29(13-15-31)19(2)23(32)30-10-6-7-11-30/h8-9,16,19H,5-7,10-15,17-18H2,1-4H3,(H,26,27). The van der Waals surface area contributed by atoms with E-state index in [4.69, 9.17) is 4.99 Å². The fraction of sp³-hybridized carbons (Fsp3) is 0.667. The molecule has 0 aromatic heterocycles. The van der Waals surface area contributed by atoms with Crippen LogP contribution in [0.4, 0.5) is 4.39 Å². The lowest BCUT2D eigenvalue weighted by Crippen LogP contribution is -2.57. The Morgan fingerprint density at radius 1 is 1.12 bits per heavy atom. The van der Waals surface area contributed by atoms with Gasteiger partial charge in [0.15, 0.2) is 5.96 Å². The molecule has 0 saturated carbocycles. The van der Waals surface area contributed by atoms with Crippen molar-refractivity contribution in [2.24, 2.45) is 4.99 Å². The van der Waals surface area contributed by atoms with Gasteiger partial charge in [0.1, 0.15) is 5.82 Å². The highest BCUT2D eigenvalue weighted by molar-refractivity contribution is 5.82. The Kier molecular flexibility index (Phi) is 8.87. The summed E-state index contributed by atoms with van der Waals surface area (Å²) < 4.78 is 14.1. The van der Waals surface area contributed by atoms with Gasteiger partial charge in [-0.05, 0) is 58.5 Å². The van der Waals surface area contributed by atoms with Crippen molar-refractivity contribution in [2.75, 3.05) is 59.9 Å². The van der Waals surface area contributed by atoms with E-state index in [1.165, 1.54) is 6.07 Å². The Bertz CT molecular complexity index is 785. The molecule has 7 nitrogen and oxygen atoms in total. The number of nitrogens with zero attached hydrogens (tertiary/aromatic N) is 5. The summed E-state index contributed by atoms with van der Waals surface area (Å²) in [5, 5.41) is 3.39. The molecule has 8 heteroatoms. The molecule has 2 heterocycles. The zero-order valence-electron chi connectivity index (χ0n) is 20.1. The second-order valence-electron chi connectivity index (χ2n) is 9.07. The minimum Gasteiger partial charge on any atom is -0.357 e. The van der Waals surface area contributed by atoms with Crippen LogP contribution in [0.15, 0.2) is 23.2 Å². The maximum atomic E-state index is 14.1. The molecule has 1 unspecified atom stereocenters. The lowest BCUT2D eigenvalue weighted by Gasteiger charge is -2.39. The van der Waals surface area contributed by atoms with E-state index in [9.17, 15) is 9.18 Å². The van der Waals surface area contributed by atoms with Gasteiger partial charge in [-0.3, -0.25) is 9.69 Å². The van der Waals surface area contributed by atoms with Crippen LogP contribution < -0.4 is 5.32 Å². The molecule has 32 heavy (non-hydrogen) atoms. The van der Waals surface area contributed by atoms with E-state index in [1.54, 1.807) is 0 Å². The monoisotopic (exact) mass is 446 g/mol. The molecule has 1 amide bonds. The Hall–Kier alpha value is -2.19. The van der Waals surface area contributed by atoms with Crippen molar-refractivity contribution in [1.82, 2.24) is 24.9 Å². The molecular weight excluding hydrogens is 407 g/mol. The van der Waals surface area contributed by atoms with Crippen molar-refractivity contribution >= 4 is 11.9 Å². The number of carbonyl (C=O) groups excluding carboxylic acids is 1. The van der Waals surface area contributed by atoms with E-state index >= 15 is 0 Å². The van der Waals surface area contributed by atoms with Crippen molar-refractivity contribution in [3.8, 4) is 0 Å². The summed E-state index contributed by atoms with van der Waals surface area (Å²) in [6, 6.07) is 5.19.